The molecule has 0 fully saturated rings. The van der Waals surface area contributed by atoms with Gasteiger partial charge in [-0.05, 0) is 60.7 Å². The Morgan fingerprint density at radius 1 is 1.15 bits per heavy atom. The molecule has 0 saturated carbocycles. The summed E-state index contributed by atoms with van der Waals surface area (Å²) in [5.41, 5.74) is 1.96. The smallest absolute Gasteiger partial charge is 0.417 e. The van der Waals surface area contributed by atoms with E-state index in [4.69, 9.17) is 21.1 Å². The molecular formula is C20H21ClF3NO2. The van der Waals surface area contributed by atoms with Gasteiger partial charge < -0.3 is 14.8 Å². The number of hydrogen-bond acceptors (Lipinski definition) is 3. The van der Waals surface area contributed by atoms with Gasteiger partial charge in [0.25, 0.3) is 0 Å². The van der Waals surface area contributed by atoms with E-state index >= 15 is 0 Å². The molecule has 0 bridgehead atoms. The Balaban J connectivity index is 1.83. The lowest BCUT2D eigenvalue weighted by Crippen LogP contribution is -2.30. The second-order valence-electron chi connectivity index (χ2n) is 6.48. The zero-order chi connectivity index (χ0) is 19.6. The number of hydrogen-bond donors (Lipinski definition) is 1. The quantitative estimate of drug-likeness (QED) is 0.750. The van der Waals surface area contributed by atoms with Gasteiger partial charge in [-0.2, -0.15) is 13.2 Å². The molecule has 0 spiro atoms. The van der Waals surface area contributed by atoms with Gasteiger partial charge in [-0.3, -0.25) is 0 Å². The van der Waals surface area contributed by atoms with E-state index in [1.807, 2.05) is 12.1 Å². The summed E-state index contributed by atoms with van der Waals surface area (Å²) in [5.74, 6) is 1.32. The predicted molar refractivity (Wildman–Crippen MR) is 98.8 cm³/mol. The number of aryl methyl sites for hydroxylation is 1. The SMILES string of the molecule is COc1cc2c(cc1OC)C(CCc1cccc(C(F)(F)F)c1Cl)NCC2. The molecule has 27 heavy (non-hydrogen) atoms. The summed E-state index contributed by atoms with van der Waals surface area (Å²) >= 11 is 6.02. The van der Waals surface area contributed by atoms with Crippen LogP contribution in [0.1, 0.15) is 34.7 Å². The van der Waals surface area contributed by atoms with Gasteiger partial charge >= 0.3 is 6.18 Å². The minimum Gasteiger partial charge on any atom is -0.493 e. The minimum atomic E-state index is -4.45. The number of halogens is 4. The van der Waals surface area contributed by atoms with Gasteiger partial charge in [0.15, 0.2) is 11.5 Å². The average molecular weight is 400 g/mol. The minimum absolute atomic E-state index is 0.0131. The summed E-state index contributed by atoms with van der Waals surface area (Å²) in [6.07, 6.45) is -2.53. The monoisotopic (exact) mass is 399 g/mol. The van der Waals surface area contributed by atoms with Crippen molar-refractivity contribution in [3.05, 3.63) is 57.6 Å². The molecule has 0 radical (unpaired) electrons. The van der Waals surface area contributed by atoms with Crippen LogP contribution in [0.4, 0.5) is 13.2 Å². The molecule has 0 saturated heterocycles. The highest BCUT2D eigenvalue weighted by Crippen LogP contribution is 2.39. The first kappa shape index (κ1) is 19.8. The van der Waals surface area contributed by atoms with E-state index in [0.29, 0.717) is 29.9 Å². The Hall–Kier alpha value is -1.92. The standard InChI is InChI=1S/C20H21ClF3NO2/c1-26-17-10-13-8-9-25-16(14(13)11-18(17)27-2)7-6-12-4-3-5-15(19(12)21)20(22,23)24/h3-5,10-11,16,25H,6-9H2,1-2H3. The van der Waals surface area contributed by atoms with E-state index < -0.39 is 11.7 Å². The van der Waals surface area contributed by atoms with E-state index in [-0.39, 0.29) is 11.1 Å². The first-order valence-electron chi connectivity index (χ1n) is 8.68. The fourth-order valence-corrected chi connectivity index (χ4v) is 3.85. The number of ether oxygens (including phenoxy) is 2. The second kappa shape index (κ2) is 7.98. The van der Waals surface area contributed by atoms with Gasteiger partial charge in [0.1, 0.15) is 0 Å². The normalized spacial score (nSPS) is 16.7. The number of nitrogens with one attached hydrogen (secondary N) is 1. The number of methoxy groups -OCH3 is 2. The second-order valence-corrected chi connectivity index (χ2v) is 6.86. The molecule has 1 atom stereocenters. The van der Waals surface area contributed by atoms with Gasteiger partial charge in [-0.15, -0.1) is 0 Å². The molecule has 0 aliphatic carbocycles. The number of fused-ring (bicyclic) bond motifs is 1. The van der Waals surface area contributed by atoms with Gasteiger partial charge in [-0.25, -0.2) is 0 Å². The number of rotatable bonds is 5. The van der Waals surface area contributed by atoms with E-state index in [2.05, 4.69) is 5.32 Å². The lowest BCUT2D eigenvalue weighted by atomic mass is 9.90. The molecular weight excluding hydrogens is 379 g/mol. The fraction of sp³-hybridized carbons (Fsp3) is 0.400. The predicted octanol–water partition coefficient (Wildman–Crippen LogP) is 5.20. The molecule has 7 heteroatoms. The van der Waals surface area contributed by atoms with Crippen LogP contribution in [0.5, 0.6) is 11.5 Å². The van der Waals surface area contributed by atoms with Crippen LogP contribution in [-0.2, 0) is 19.0 Å². The summed E-state index contributed by atoms with van der Waals surface area (Å²) < 4.78 is 49.9. The van der Waals surface area contributed by atoms with Crippen LogP contribution >= 0.6 is 11.6 Å². The highest BCUT2D eigenvalue weighted by atomic mass is 35.5. The molecule has 2 aromatic rings. The first-order chi connectivity index (χ1) is 12.8. The number of benzene rings is 2. The molecule has 146 valence electrons. The van der Waals surface area contributed by atoms with Crippen molar-refractivity contribution >= 4 is 11.6 Å². The van der Waals surface area contributed by atoms with Crippen LogP contribution in [0, 0.1) is 0 Å². The van der Waals surface area contributed by atoms with Crippen LogP contribution < -0.4 is 14.8 Å². The maximum atomic E-state index is 13.1. The van der Waals surface area contributed by atoms with Crippen molar-refractivity contribution in [3.63, 3.8) is 0 Å². The van der Waals surface area contributed by atoms with Crippen LogP contribution in [0.15, 0.2) is 30.3 Å². The maximum Gasteiger partial charge on any atom is 0.417 e. The van der Waals surface area contributed by atoms with Crippen molar-refractivity contribution in [2.75, 3.05) is 20.8 Å². The zero-order valence-electron chi connectivity index (χ0n) is 15.1. The number of alkyl halides is 3. The molecule has 1 N–H and O–H groups in total. The Kier molecular flexibility index (Phi) is 5.86. The van der Waals surface area contributed by atoms with Gasteiger partial charge in [0.2, 0.25) is 0 Å². The summed E-state index contributed by atoms with van der Waals surface area (Å²) in [4.78, 5) is 0. The van der Waals surface area contributed by atoms with Gasteiger partial charge in [0.05, 0.1) is 24.8 Å². The van der Waals surface area contributed by atoms with Crippen molar-refractivity contribution in [3.8, 4) is 11.5 Å². The van der Waals surface area contributed by atoms with E-state index in [1.54, 1.807) is 20.3 Å². The average Bonchev–Trinajstić information content (AvgIpc) is 2.65. The van der Waals surface area contributed by atoms with Crippen LogP contribution in [0.25, 0.3) is 0 Å². The zero-order valence-corrected chi connectivity index (χ0v) is 15.9. The molecule has 3 rings (SSSR count). The summed E-state index contributed by atoms with van der Waals surface area (Å²) in [6, 6.07) is 7.99. The molecule has 1 unspecified atom stereocenters. The Morgan fingerprint density at radius 3 is 2.52 bits per heavy atom. The third-order valence-corrected chi connectivity index (χ3v) is 5.34. The Morgan fingerprint density at radius 2 is 1.85 bits per heavy atom. The lowest BCUT2D eigenvalue weighted by molar-refractivity contribution is -0.137. The molecule has 1 aliphatic heterocycles. The summed E-state index contributed by atoms with van der Waals surface area (Å²) in [7, 11) is 3.18. The van der Waals surface area contributed by atoms with Crippen LogP contribution in [-0.4, -0.2) is 20.8 Å². The largest absolute Gasteiger partial charge is 0.493 e. The van der Waals surface area contributed by atoms with Gasteiger partial charge in [0, 0.05) is 6.04 Å². The summed E-state index contributed by atoms with van der Waals surface area (Å²) in [5, 5.41) is 3.22. The van der Waals surface area contributed by atoms with Crippen molar-refractivity contribution in [1.82, 2.24) is 5.32 Å². The van der Waals surface area contributed by atoms with Crippen molar-refractivity contribution < 1.29 is 22.6 Å². The van der Waals surface area contributed by atoms with E-state index in [1.165, 1.54) is 6.07 Å². The van der Waals surface area contributed by atoms with Gasteiger partial charge in [-0.1, -0.05) is 23.7 Å². The van der Waals surface area contributed by atoms with E-state index in [0.717, 1.165) is 30.2 Å². The summed E-state index contributed by atoms with van der Waals surface area (Å²) in [6.45, 7) is 0.795. The van der Waals surface area contributed by atoms with Crippen LogP contribution in [0.3, 0.4) is 0 Å². The Bertz CT molecular complexity index is 824. The molecule has 3 nitrogen and oxygen atoms in total. The van der Waals surface area contributed by atoms with Crippen LogP contribution in [0.2, 0.25) is 5.02 Å². The first-order valence-corrected chi connectivity index (χ1v) is 9.05. The highest BCUT2D eigenvalue weighted by Gasteiger charge is 2.34. The van der Waals surface area contributed by atoms with Crippen molar-refractivity contribution in [2.45, 2.75) is 31.5 Å². The third kappa shape index (κ3) is 4.17. The topological polar surface area (TPSA) is 30.5 Å². The molecule has 0 amide bonds. The van der Waals surface area contributed by atoms with E-state index in [9.17, 15) is 13.2 Å². The lowest BCUT2D eigenvalue weighted by Gasteiger charge is -2.28. The molecule has 2 aromatic carbocycles. The Labute approximate surface area is 161 Å². The fourth-order valence-electron chi connectivity index (χ4n) is 3.52. The maximum absolute atomic E-state index is 13.1. The molecule has 1 heterocycles. The third-order valence-electron chi connectivity index (χ3n) is 4.89. The van der Waals surface area contributed by atoms with Crippen molar-refractivity contribution in [2.24, 2.45) is 0 Å². The molecule has 0 aromatic heterocycles. The molecule has 1 aliphatic rings. The van der Waals surface area contributed by atoms with Crippen molar-refractivity contribution in [1.29, 1.82) is 0 Å². The highest BCUT2D eigenvalue weighted by molar-refractivity contribution is 6.32.